The lowest BCUT2D eigenvalue weighted by Crippen LogP contribution is -1.72. The summed E-state index contributed by atoms with van der Waals surface area (Å²) in [4.78, 5) is 0. The van der Waals surface area contributed by atoms with Gasteiger partial charge in [-0.05, 0) is 13.8 Å². The summed E-state index contributed by atoms with van der Waals surface area (Å²) in [6, 6.07) is 0. The van der Waals surface area contributed by atoms with Crippen LogP contribution in [0.3, 0.4) is 0 Å². The van der Waals surface area contributed by atoms with Crippen molar-refractivity contribution in [3.05, 3.63) is 13.8 Å². The first kappa shape index (κ1) is 4.29. The summed E-state index contributed by atoms with van der Waals surface area (Å²) in [5.41, 5.74) is 0. The van der Waals surface area contributed by atoms with E-state index in [0.29, 0.717) is 0 Å². The zero-order valence-electron chi connectivity index (χ0n) is 2.37. The topological polar surface area (TPSA) is 0 Å². The van der Waals surface area contributed by atoms with Gasteiger partial charge in [-0.2, -0.15) is 0 Å². The molecule has 0 N–H and O–H groups in total. The van der Waals surface area contributed by atoms with E-state index in [1.165, 1.54) is 0 Å². The second kappa shape index (κ2) is 1.59. The van der Waals surface area contributed by atoms with Crippen LogP contribution in [0.5, 0.6) is 0 Å². The third kappa shape index (κ3) is 45.3. The molecule has 0 nitrogen and oxygen atoms in total. The normalized spacial score (nSPS) is 9.00. The molecule has 0 unspecified atom stereocenters. The summed E-state index contributed by atoms with van der Waals surface area (Å²) in [5, 5.41) is -0.194. The Morgan fingerprint density at radius 3 is 1.50 bits per heavy atom. The van der Waals surface area contributed by atoms with E-state index in [1.807, 2.05) is 0 Å². The van der Waals surface area contributed by atoms with E-state index in [-0.39, 0.29) is 5.38 Å². The van der Waals surface area contributed by atoms with Gasteiger partial charge in [0, 0.05) is 5.38 Å². The van der Waals surface area contributed by atoms with Gasteiger partial charge < -0.3 is 0 Å². The molecule has 0 saturated heterocycles. The first-order valence-electron chi connectivity index (χ1n) is 1.03. The van der Waals surface area contributed by atoms with Gasteiger partial charge in [0.2, 0.25) is 0 Å². The van der Waals surface area contributed by atoms with Gasteiger partial charge in [0.05, 0.1) is 0 Å². The third-order valence-electron chi connectivity index (χ3n) is 0. The lowest BCUT2D eigenvalue weighted by molar-refractivity contribution is 1.41. The summed E-state index contributed by atoms with van der Waals surface area (Å²) in [5.74, 6) is 0. The van der Waals surface area contributed by atoms with E-state index in [9.17, 15) is 0 Å². The molecule has 24 valence electrons. The fraction of sp³-hybridized carbons (Fsp3) is 0.333. The predicted molar refractivity (Wildman–Crippen MR) is 20.4 cm³/mol. The van der Waals surface area contributed by atoms with E-state index in [4.69, 9.17) is 11.6 Å². The average molecular weight is 76.5 g/mol. The van der Waals surface area contributed by atoms with Crippen LogP contribution in [0.15, 0.2) is 0 Å². The molecule has 0 aromatic heterocycles. The number of alkyl halides is 1. The van der Waals surface area contributed by atoms with Gasteiger partial charge in [0.1, 0.15) is 0 Å². The Morgan fingerprint density at radius 2 is 1.50 bits per heavy atom. The second-order valence-corrected chi connectivity index (χ2v) is 1.21. The molecule has 0 aromatic carbocycles. The lowest BCUT2D eigenvalue weighted by atomic mass is 10.6. The molecule has 2 radical (unpaired) electrons. The first-order chi connectivity index (χ1) is 1.73. The zero-order chi connectivity index (χ0) is 3.58. The molecule has 0 amide bonds. The van der Waals surface area contributed by atoms with Gasteiger partial charge in [-0.1, -0.05) is 0 Å². The van der Waals surface area contributed by atoms with Crippen molar-refractivity contribution in [2.75, 3.05) is 0 Å². The molecule has 1 heteroatoms. The van der Waals surface area contributed by atoms with Gasteiger partial charge in [-0.15, -0.1) is 11.6 Å². The fourth-order valence-electron chi connectivity index (χ4n) is 0. The van der Waals surface area contributed by atoms with E-state index in [1.54, 1.807) is 0 Å². The standard InChI is InChI=1S/C3H5Cl/c1-3(2)4/h3H,1-2H2. The van der Waals surface area contributed by atoms with Crippen LogP contribution in [-0.4, -0.2) is 5.38 Å². The highest BCUT2D eigenvalue weighted by Crippen LogP contribution is 1.83. The van der Waals surface area contributed by atoms with E-state index in [2.05, 4.69) is 13.8 Å². The molecule has 0 aliphatic heterocycles. The molecule has 0 saturated carbocycles. The summed E-state index contributed by atoms with van der Waals surface area (Å²) in [6.07, 6.45) is 0. The molecular weight excluding hydrogens is 71.5 g/mol. The molecule has 0 bridgehead atoms. The lowest BCUT2D eigenvalue weighted by Gasteiger charge is -1.75. The average Bonchev–Trinajstić information content (AvgIpc) is 0.811. The second-order valence-electron chi connectivity index (χ2n) is 0.597. The number of hydrogen-bond acceptors (Lipinski definition) is 0. The Balaban J connectivity index is 2.32. The predicted octanol–water partition coefficient (Wildman–Crippen LogP) is 1.26. The Hall–Kier alpha value is 0.290. The van der Waals surface area contributed by atoms with Crippen LogP contribution in [-0.2, 0) is 0 Å². The Labute approximate surface area is 31.8 Å². The van der Waals surface area contributed by atoms with Gasteiger partial charge in [0.25, 0.3) is 0 Å². The van der Waals surface area contributed by atoms with Gasteiger partial charge in [0.15, 0.2) is 0 Å². The molecule has 0 atom stereocenters. The van der Waals surface area contributed by atoms with E-state index >= 15 is 0 Å². The van der Waals surface area contributed by atoms with Crippen molar-refractivity contribution >= 4 is 11.6 Å². The maximum Gasteiger partial charge on any atom is 0.0337 e. The largest absolute Gasteiger partial charge is 0.123 e. The minimum Gasteiger partial charge on any atom is -0.123 e. The minimum absolute atomic E-state index is 0.194. The summed E-state index contributed by atoms with van der Waals surface area (Å²) < 4.78 is 0. The van der Waals surface area contributed by atoms with Gasteiger partial charge in [-0.25, -0.2) is 0 Å². The monoisotopic (exact) mass is 76.0 g/mol. The number of hydrogen-bond donors (Lipinski definition) is 0. The maximum absolute atomic E-state index is 5.05. The van der Waals surface area contributed by atoms with Crippen molar-refractivity contribution in [2.24, 2.45) is 0 Å². The molecule has 0 aliphatic carbocycles. The van der Waals surface area contributed by atoms with Gasteiger partial charge in [-0.3, -0.25) is 0 Å². The quantitative estimate of drug-likeness (QED) is 0.381. The van der Waals surface area contributed by atoms with Crippen LogP contribution < -0.4 is 0 Å². The molecule has 0 rings (SSSR count). The van der Waals surface area contributed by atoms with Crippen molar-refractivity contribution in [2.45, 2.75) is 5.38 Å². The molecular formula is C3H5Cl. The van der Waals surface area contributed by atoms with Crippen molar-refractivity contribution in [3.63, 3.8) is 0 Å². The molecule has 0 fully saturated rings. The highest BCUT2D eigenvalue weighted by atomic mass is 35.5. The van der Waals surface area contributed by atoms with Crippen molar-refractivity contribution in [1.82, 2.24) is 0 Å². The smallest absolute Gasteiger partial charge is 0.0337 e. The molecule has 0 spiro atoms. The van der Waals surface area contributed by atoms with Crippen LogP contribution in [0.1, 0.15) is 0 Å². The SMILES string of the molecule is [CH2]C([CH2])Cl. The molecule has 0 heterocycles. The molecule has 4 heavy (non-hydrogen) atoms. The molecule has 0 aliphatic rings. The van der Waals surface area contributed by atoms with Crippen molar-refractivity contribution in [1.29, 1.82) is 0 Å². The van der Waals surface area contributed by atoms with Crippen LogP contribution in [0, 0.1) is 13.8 Å². The summed E-state index contributed by atoms with van der Waals surface area (Å²) >= 11 is 5.05. The molecule has 0 aromatic rings. The number of halogens is 1. The highest BCUT2D eigenvalue weighted by molar-refractivity contribution is 6.21. The van der Waals surface area contributed by atoms with Crippen LogP contribution >= 0.6 is 11.6 Å². The third-order valence-corrected chi connectivity index (χ3v) is 0. The maximum atomic E-state index is 5.05. The van der Waals surface area contributed by atoms with Crippen molar-refractivity contribution in [3.8, 4) is 0 Å². The minimum atomic E-state index is -0.194. The van der Waals surface area contributed by atoms with Gasteiger partial charge >= 0.3 is 0 Å². The van der Waals surface area contributed by atoms with E-state index < -0.39 is 0 Å². The highest BCUT2D eigenvalue weighted by Gasteiger charge is 1.72. The zero-order valence-corrected chi connectivity index (χ0v) is 3.13. The number of rotatable bonds is 0. The van der Waals surface area contributed by atoms with Crippen LogP contribution in [0.25, 0.3) is 0 Å². The van der Waals surface area contributed by atoms with Crippen molar-refractivity contribution < 1.29 is 0 Å². The Kier molecular flexibility index (Phi) is 1.71. The van der Waals surface area contributed by atoms with Crippen LogP contribution in [0.2, 0.25) is 0 Å². The van der Waals surface area contributed by atoms with Crippen LogP contribution in [0.4, 0.5) is 0 Å². The van der Waals surface area contributed by atoms with E-state index in [0.717, 1.165) is 0 Å². The summed E-state index contributed by atoms with van der Waals surface area (Å²) in [6.45, 7) is 6.59. The summed E-state index contributed by atoms with van der Waals surface area (Å²) in [7, 11) is 0. The first-order valence-corrected chi connectivity index (χ1v) is 1.47. The Morgan fingerprint density at radius 1 is 1.50 bits per heavy atom. The Bertz CT molecular complexity index is 8.00. The fourth-order valence-corrected chi connectivity index (χ4v) is 0.